The van der Waals surface area contributed by atoms with Crippen molar-refractivity contribution in [3.63, 3.8) is 0 Å². The minimum Gasteiger partial charge on any atom is -0.507 e. The number of rotatable bonds is 8. The monoisotopic (exact) mass is 294 g/mol. The van der Waals surface area contributed by atoms with Crippen LogP contribution in [0.3, 0.4) is 0 Å². The normalized spacial score (nSPS) is 11.0. The van der Waals surface area contributed by atoms with E-state index in [1.54, 1.807) is 19.1 Å². The molecule has 0 spiro atoms. The number of esters is 1. The van der Waals surface area contributed by atoms with Crippen molar-refractivity contribution < 1.29 is 24.2 Å². The highest BCUT2D eigenvalue weighted by molar-refractivity contribution is 5.83. The van der Waals surface area contributed by atoms with Crippen LogP contribution in [-0.4, -0.2) is 30.6 Å². The van der Waals surface area contributed by atoms with E-state index in [4.69, 9.17) is 9.47 Å². The van der Waals surface area contributed by atoms with Crippen LogP contribution >= 0.6 is 0 Å². The number of phenols is 1. The fraction of sp³-hybridized carbons (Fsp3) is 0.500. The van der Waals surface area contributed by atoms with Gasteiger partial charge < -0.3 is 14.6 Å². The highest BCUT2D eigenvalue weighted by atomic mass is 16.5. The van der Waals surface area contributed by atoms with E-state index in [0.29, 0.717) is 38.1 Å². The first-order valence-electron chi connectivity index (χ1n) is 6.99. The van der Waals surface area contributed by atoms with Gasteiger partial charge in [0.1, 0.15) is 11.5 Å². The summed E-state index contributed by atoms with van der Waals surface area (Å²) in [4.78, 5) is 22.6. The van der Waals surface area contributed by atoms with Gasteiger partial charge in [0.25, 0.3) is 0 Å². The van der Waals surface area contributed by atoms with Crippen molar-refractivity contribution in [2.45, 2.75) is 33.6 Å². The van der Waals surface area contributed by atoms with Crippen LogP contribution in [0, 0.1) is 5.41 Å². The molecule has 0 radical (unpaired) electrons. The highest BCUT2D eigenvalue weighted by Gasteiger charge is 2.28. The Hall–Kier alpha value is -2.04. The van der Waals surface area contributed by atoms with E-state index < -0.39 is 5.41 Å². The summed E-state index contributed by atoms with van der Waals surface area (Å²) in [6, 6.07) is 4.67. The lowest BCUT2D eigenvalue weighted by molar-refractivity contribution is -0.153. The van der Waals surface area contributed by atoms with Crippen LogP contribution in [0.1, 0.15) is 44.0 Å². The number of hydrogen-bond acceptors (Lipinski definition) is 5. The lowest BCUT2D eigenvalue weighted by Crippen LogP contribution is -2.27. The van der Waals surface area contributed by atoms with Crippen LogP contribution in [0.15, 0.2) is 18.2 Å². The Balaban J connectivity index is 2.50. The number of hydrogen-bond donors (Lipinski definition) is 1. The van der Waals surface area contributed by atoms with Gasteiger partial charge in [-0.25, -0.2) is 0 Å². The third kappa shape index (κ3) is 4.77. The van der Waals surface area contributed by atoms with Gasteiger partial charge in [-0.15, -0.1) is 0 Å². The van der Waals surface area contributed by atoms with Crippen LogP contribution in [0.5, 0.6) is 11.5 Å². The molecule has 0 saturated carbocycles. The van der Waals surface area contributed by atoms with Crippen LogP contribution in [0.2, 0.25) is 0 Å². The molecule has 0 aliphatic heterocycles. The van der Waals surface area contributed by atoms with E-state index in [1.807, 2.05) is 13.8 Å². The standard InChI is InChI=1S/C16H22O5/c1-4-20-15(19)16(2,3)9-6-10-21-14-8-5-7-13(18)12(14)11-17/h5,7-8,11,18H,4,6,9-10H2,1-3H3. The van der Waals surface area contributed by atoms with Crippen molar-refractivity contribution in [3.8, 4) is 11.5 Å². The predicted octanol–water partition coefficient (Wildman–Crippen LogP) is 2.95. The molecular weight excluding hydrogens is 272 g/mol. The SMILES string of the molecule is CCOC(=O)C(C)(C)CCCOc1cccc(O)c1C=O. The van der Waals surface area contributed by atoms with Crippen molar-refractivity contribution in [1.82, 2.24) is 0 Å². The highest BCUT2D eigenvalue weighted by Crippen LogP contribution is 2.27. The molecule has 0 unspecified atom stereocenters. The maximum Gasteiger partial charge on any atom is 0.311 e. The van der Waals surface area contributed by atoms with E-state index in [0.717, 1.165) is 0 Å². The van der Waals surface area contributed by atoms with E-state index in [9.17, 15) is 14.7 Å². The van der Waals surface area contributed by atoms with Crippen LogP contribution in [0.25, 0.3) is 0 Å². The third-order valence-electron chi connectivity index (χ3n) is 3.19. The molecular formula is C16H22O5. The number of aldehydes is 1. The Morgan fingerprint density at radius 2 is 2.10 bits per heavy atom. The summed E-state index contributed by atoms with van der Waals surface area (Å²) >= 11 is 0. The van der Waals surface area contributed by atoms with Crippen LogP contribution in [0.4, 0.5) is 0 Å². The lowest BCUT2D eigenvalue weighted by Gasteiger charge is -2.22. The maximum atomic E-state index is 11.7. The predicted molar refractivity (Wildman–Crippen MR) is 78.6 cm³/mol. The Labute approximate surface area is 124 Å². The average molecular weight is 294 g/mol. The van der Waals surface area contributed by atoms with Gasteiger partial charge in [0, 0.05) is 0 Å². The van der Waals surface area contributed by atoms with Crippen molar-refractivity contribution in [3.05, 3.63) is 23.8 Å². The number of aromatic hydroxyl groups is 1. The number of benzene rings is 1. The van der Waals surface area contributed by atoms with Crippen molar-refractivity contribution in [1.29, 1.82) is 0 Å². The van der Waals surface area contributed by atoms with E-state index in [1.165, 1.54) is 6.07 Å². The smallest absolute Gasteiger partial charge is 0.311 e. The minimum atomic E-state index is -0.564. The molecule has 116 valence electrons. The van der Waals surface area contributed by atoms with Gasteiger partial charge in [0.15, 0.2) is 6.29 Å². The largest absolute Gasteiger partial charge is 0.507 e. The van der Waals surface area contributed by atoms with E-state index in [-0.39, 0.29) is 17.3 Å². The second-order valence-electron chi connectivity index (χ2n) is 5.36. The second-order valence-corrected chi connectivity index (χ2v) is 5.36. The second kappa shape index (κ2) is 7.67. The van der Waals surface area contributed by atoms with Gasteiger partial charge in [-0.05, 0) is 45.7 Å². The Bertz CT molecular complexity index is 493. The molecule has 0 saturated heterocycles. The fourth-order valence-corrected chi connectivity index (χ4v) is 1.90. The third-order valence-corrected chi connectivity index (χ3v) is 3.19. The number of phenolic OH excluding ortho intramolecular Hbond substituents is 1. The summed E-state index contributed by atoms with van der Waals surface area (Å²) < 4.78 is 10.5. The summed E-state index contributed by atoms with van der Waals surface area (Å²) in [5.74, 6) is 0.0178. The van der Waals surface area contributed by atoms with Gasteiger partial charge in [-0.2, -0.15) is 0 Å². The van der Waals surface area contributed by atoms with Gasteiger partial charge in [-0.1, -0.05) is 6.07 Å². The fourth-order valence-electron chi connectivity index (χ4n) is 1.90. The van der Waals surface area contributed by atoms with Crippen LogP contribution < -0.4 is 4.74 Å². The maximum absolute atomic E-state index is 11.7. The lowest BCUT2D eigenvalue weighted by atomic mass is 9.88. The minimum absolute atomic E-state index is 0.102. The molecule has 5 nitrogen and oxygen atoms in total. The molecule has 1 N–H and O–H groups in total. The molecule has 0 bridgehead atoms. The van der Waals surface area contributed by atoms with Crippen molar-refractivity contribution in [2.24, 2.45) is 5.41 Å². The van der Waals surface area contributed by atoms with E-state index in [2.05, 4.69) is 0 Å². The summed E-state index contributed by atoms with van der Waals surface area (Å²) in [5.41, 5.74) is -0.423. The Morgan fingerprint density at radius 1 is 1.38 bits per heavy atom. The molecule has 0 aliphatic carbocycles. The number of carbonyl (C=O) groups excluding carboxylic acids is 2. The van der Waals surface area contributed by atoms with Crippen LogP contribution in [-0.2, 0) is 9.53 Å². The summed E-state index contributed by atoms with van der Waals surface area (Å²) in [5, 5.41) is 9.54. The molecule has 5 heteroatoms. The summed E-state index contributed by atoms with van der Waals surface area (Å²) in [6.07, 6.45) is 1.81. The van der Waals surface area contributed by atoms with Gasteiger partial charge in [0.2, 0.25) is 0 Å². The molecule has 0 fully saturated rings. The molecule has 1 rings (SSSR count). The zero-order valence-electron chi connectivity index (χ0n) is 12.7. The zero-order chi connectivity index (χ0) is 15.9. The average Bonchev–Trinajstić information content (AvgIpc) is 2.44. The van der Waals surface area contributed by atoms with Gasteiger partial charge >= 0.3 is 5.97 Å². The molecule has 0 heterocycles. The Morgan fingerprint density at radius 3 is 2.71 bits per heavy atom. The van der Waals surface area contributed by atoms with Crippen molar-refractivity contribution >= 4 is 12.3 Å². The summed E-state index contributed by atoms with van der Waals surface area (Å²) in [6.45, 7) is 6.16. The summed E-state index contributed by atoms with van der Waals surface area (Å²) in [7, 11) is 0. The van der Waals surface area contributed by atoms with Gasteiger partial charge in [-0.3, -0.25) is 9.59 Å². The number of carbonyl (C=O) groups is 2. The molecule has 21 heavy (non-hydrogen) atoms. The molecule has 1 aromatic carbocycles. The topological polar surface area (TPSA) is 72.8 Å². The first kappa shape index (κ1) is 17.0. The molecule has 0 aliphatic rings. The molecule has 0 amide bonds. The van der Waals surface area contributed by atoms with Crippen molar-refractivity contribution in [2.75, 3.05) is 13.2 Å². The molecule has 0 atom stereocenters. The number of ether oxygens (including phenoxy) is 2. The van der Waals surface area contributed by atoms with E-state index >= 15 is 0 Å². The quantitative estimate of drug-likeness (QED) is 0.453. The Kier molecular flexibility index (Phi) is 6.21. The van der Waals surface area contributed by atoms with Gasteiger partial charge in [0.05, 0.1) is 24.2 Å². The molecule has 0 aromatic heterocycles. The first-order valence-corrected chi connectivity index (χ1v) is 6.99. The first-order chi connectivity index (χ1) is 9.92. The molecule has 1 aromatic rings. The zero-order valence-corrected chi connectivity index (χ0v) is 12.7.